The Morgan fingerprint density at radius 1 is 1.47 bits per heavy atom. The average molecular weight is 291 g/mol. The Balaban J connectivity index is 2.81. The van der Waals surface area contributed by atoms with Crippen molar-refractivity contribution in [2.24, 2.45) is 0 Å². The highest BCUT2D eigenvalue weighted by Crippen LogP contribution is 2.27. The van der Waals surface area contributed by atoms with Gasteiger partial charge in [-0.2, -0.15) is 0 Å². The molecule has 19 heavy (non-hydrogen) atoms. The van der Waals surface area contributed by atoms with Crippen LogP contribution in [0.25, 0.3) is 0 Å². The molecular weight excluding hydrogens is 268 g/mol. The molecule has 0 aromatic carbocycles. The normalized spacial score (nSPS) is 27.3. The molecule has 0 unspecified atom stereocenters. The van der Waals surface area contributed by atoms with E-state index in [2.05, 4.69) is 0 Å². The molecule has 1 rings (SSSR count). The summed E-state index contributed by atoms with van der Waals surface area (Å²) in [6.45, 7) is 6.13. The Bertz CT molecular complexity index is 325. The number of aliphatic hydroxyl groups is 1. The molecule has 3 atom stereocenters. The molecule has 0 heterocycles. The fraction of sp³-hybridized carbons (Fsp3) is 0.786. The Morgan fingerprint density at radius 2 is 2.11 bits per heavy atom. The lowest BCUT2D eigenvalue weighted by atomic mass is 9.94. The lowest BCUT2D eigenvalue weighted by molar-refractivity contribution is -0.139. The summed E-state index contributed by atoms with van der Waals surface area (Å²) < 4.78 is 10.8. The van der Waals surface area contributed by atoms with Gasteiger partial charge in [0.25, 0.3) is 0 Å². The van der Waals surface area contributed by atoms with Crippen molar-refractivity contribution in [2.75, 3.05) is 6.61 Å². The summed E-state index contributed by atoms with van der Waals surface area (Å²) >= 11 is 6.09. The van der Waals surface area contributed by atoms with E-state index in [0.29, 0.717) is 18.6 Å². The third-order valence-electron chi connectivity index (χ3n) is 3.29. The van der Waals surface area contributed by atoms with Gasteiger partial charge in [-0.3, -0.25) is 0 Å². The SMILES string of the molecule is CCOC(=O)C1=C[C@@H](OC(CC)CC)[C@@H](O)[C@H](Cl)C1. The molecule has 0 amide bonds. The highest BCUT2D eigenvalue weighted by Gasteiger charge is 2.34. The summed E-state index contributed by atoms with van der Waals surface area (Å²) in [7, 11) is 0. The second kappa shape index (κ2) is 7.88. The first-order chi connectivity index (χ1) is 9.03. The molecule has 110 valence electrons. The number of esters is 1. The third-order valence-corrected chi connectivity index (χ3v) is 3.70. The molecule has 0 bridgehead atoms. The minimum absolute atomic E-state index is 0.0568. The smallest absolute Gasteiger partial charge is 0.333 e. The first-order valence-electron chi connectivity index (χ1n) is 6.88. The number of alkyl halides is 1. The number of hydrogen-bond donors (Lipinski definition) is 1. The monoisotopic (exact) mass is 290 g/mol. The van der Waals surface area contributed by atoms with Crippen molar-refractivity contribution in [3.8, 4) is 0 Å². The van der Waals surface area contributed by atoms with E-state index < -0.39 is 17.6 Å². The first-order valence-corrected chi connectivity index (χ1v) is 7.32. The van der Waals surface area contributed by atoms with Crippen LogP contribution in [0.4, 0.5) is 0 Å². The van der Waals surface area contributed by atoms with E-state index in [1.54, 1.807) is 13.0 Å². The van der Waals surface area contributed by atoms with Crippen LogP contribution in [-0.2, 0) is 14.3 Å². The van der Waals surface area contributed by atoms with Crippen LogP contribution in [-0.4, -0.2) is 41.4 Å². The van der Waals surface area contributed by atoms with Gasteiger partial charge in [-0.1, -0.05) is 13.8 Å². The molecule has 4 nitrogen and oxygen atoms in total. The van der Waals surface area contributed by atoms with E-state index in [9.17, 15) is 9.90 Å². The summed E-state index contributed by atoms with van der Waals surface area (Å²) in [6, 6.07) is 0. The first kappa shape index (κ1) is 16.5. The van der Waals surface area contributed by atoms with Crippen LogP contribution in [0.1, 0.15) is 40.0 Å². The van der Waals surface area contributed by atoms with Gasteiger partial charge >= 0.3 is 5.97 Å². The van der Waals surface area contributed by atoms with Gasteiger partial charge in [-0.15, -0.1) is 11.6 Å². The van der Waals surface area contributed by atoms with E-state index >= 15 is 0 Å². The summed E-state index contributed by atoms with van der Waals surface area (Å²) in [5, 5.41) is 9.53. The number of ether oxygens (including phenoxy) is 2. The zero-order valence-corrected chi connectivity index (χ0v) is 12.5. The summed E-state index contributed by atoms with van der Waals surface area (Å²) in [5.74, 6) is -0.377. The Morgan fingerprint density at radius 3 is 2.63 bits per heavy atom. The van der Waals surface area contributed by atoms with Crippen LogP contribution in [0.3, 0.4) is 0 Å². The van der Waals surface area contributed by atoms with Gasteiger partial charge < -0.3 is 14.6 Å². The maximum Gasteiger partial charge on any atom is 0.333 e. The van der Waals surface area contributed by atoms with Gasteiger partial charge in [0.15, 0.2) is 0 Å². The number of hydrogen-bond acceptors (Lipinski definition) is 4. The van der Waals surface area contributed by atoms with Gasteiger partial charge in [-0.05, 0) is 32.3 Å². The predicted molar refractivity (Wildman–Crippen MR) is 74.2 cm³/mol. The van der Waals surface area contributed by atoms with Crippen LogP contribution in [0.5, 0.6) is 0 Å². The van der Waals surface area contributed by atoms with Gasteiger partial charge in [0.1, 0.15) is 12.2 Å². The molecule has 1 N–H and O–H groups in total. The fourth-order valence-electron chi connectivity index (χ4n) is 2.10. The number of aliphatic hydroxyl groups excluding tert-OH is 1. The largest absolute Gasteiger partial charge is 0.463 e. The molecule has 0 saturated carbocycles. The quantitative estimate of drug-likeness (QED) is 0.603. The molecule has 0 aromatic rings. The molecule has 1 aliphatic rings. The van der Waals surface area contributed by atoms with Crippen LogP contribution in [0.15, 0.2) is 11.6 Å². The van der Waals surface area contributed by atoms with E-state index in [4.69, 9.17) is 21.1 Å². The minimum Gasteiger partial charge on any atom is -0.463 e. The number of rotatable bonds is 6. The molecular formula is C14H23ClO4. The standard InChI is InChI=1S/C14H23ClO4/c1-4-10(5-2)19-12-8-9(14(17)18-6-3)7-11(15)13(12)16/h8,10-13,16H,4-7H2,1-3H3/t11-,12-,13+/m1/s1. The summed E-state index contributed by atoms with van der Waals surface area (Å²) in [6.07, 6.45) is 2.40. The van der Waals surface area contributed by atoms with Crippen LogP contribution in [0, 0.1) is 0 Å². The van der Waals surface area contributed by atoms with Crippen molar-refractivity contribution in [1.82, 2.24) is 0 Å². The topological polar surface area (TPSA) is 55.8 Å². The Kier molecular flexibility index (Phi) is 6.83. The van der Waals surface area contributed by atoms with E-state index in [1.165, 1.54) is 0 Å². The Hall–Kier alpha value is -0.580. The number of halogens is 1. The van der Waals surface area contributed by atoms with Crippen molar-refractivity contribution >= 4 is 17.6 Å². The van der Waals surface area contributed by atoms with Gasteiger partial charge in [-0.25, -0.2) is 4.79 Å². The molecule has 0 fully saturated rings. The highest BCUT2D eigenvalue weighted by atomic mass is 35.5. The zero-order valence-electron chi connectivity index (χ0n) is 11.8. The lowest BCUT2D eigenvalue weighted by Crippen LogP contribution is -2.41. The minimum atomic E-state index is -0.791. The number of carbonyl (C=O) groups excluding carboxylic acids is 1. The van der Waals surface area contributed by atoms with Crippen molar-refractivity contribution in [2.45, 2.75) is 63.7 Å². The molecule has 0 aliphatic heterocycles. The van der Waals surface area contributed by atoms with Gasteiger partial charge in [0, 0.05) is 5.57 Å². The fourth-order valence-corrected chi connectivity index (χ4v) is 2.41. The van der Waals surface area contributed by atoms with E-state index in [1.807, 2.05) is 13.8 Å². The number of carbonyl (C=O) groups is 1. The molecule has 0 spiro atoms. The molecule has 0 radical (unpaired) electrons. The van der Waals surface area contributed by atoms with Crippen LogP contribution in [0.2, 0.25) is 0 Å². The van der Waals surface area contributed by atoms with Gasteiger partial charge in [0.05, 0.1) is 18.1 Å². The van der Waals surface area contributed by atoms with Crippen molar-refractivity contribution in [3.05, 3.63) is 11.6 Å². The average Bonchev–Trinajstić information content (AvgIpc) is 2.40. The molecule has 0 saturated heterocycles. The second-order valence-corrected chi connectivity index (χ2v) is 5.22. The van der Waals surface area contributed by atoms with Crippen LogP contribution >= 0.6 is 11.6 Å². The third kappa shape index (κ3) is 4.48. The van der Waals surface area contributed by atoms with Gasteiger partial charge in [0.2, 0.25) is 0 Å². The van der Waals surface area contributed by atoms with Crippen molar-refractivity contribution < 1.29 is 19.4 Å². The highest BCUT2D eigenvalue weighted by molar-refractivity contribution is 6.21. The molecule has 5 heteroatoms. The van der Waals surface area contributed by atoms with Crippen molar-refractivity contribution in [3.63, 3.8) is 0 Å². The Labute approximate surface area is 119 Å². The van der Waals surface area contributed by atoms with E-state index in [-0.39, 0.29) is 12.1 Å². The molecule has 1 aliphatic carbocycles. The van der Waals surface area contributed by atoms with E-state index in [0.717, 1.165) is 12.8 Å². The zero-order chi connectivity index (χ0) is 14.4. The lowest BCUT2D eigenvalue weighted by Gasteiger charge is -2.32. The second-order valence-electron chi connectivity index (χ2n) is 4.66. The maximum absolute atomic E-state index is 11.7. The predicted octanol–water partition coefficient (Wildman–Crippen LogP) is 2.42. The van der Waals surface area contributed by atoms with Crippen molar-refractivity contribution in [1.29, 1.82) is 0 Å². The summed E-state index contributed by atoms with van der Waals surface area (Å²) in [4.78, 5) is 11.7. The maximum atomic E-state index is 11.7. The molecule has 0 aromatic heterocycles. The van der Waals surface area contributed by atoms with Crippen LogP contribution < -0.4 is 0 Å². The summed E-state index contributed by atoms with van der Waals surface area (Å²) in [5.41, 5.74) is 0.489.